The molecule has 0 unspecified atom stereocenters. The van der Waals surface area contributed by atoms with Crippen LogP contribution in [0.25, 0.3) is 11.0 Å². The molecule has 100 valence electrons. The number of aromatic nitrogens is 4. The minimum Gasteiger partial charge on any atom is -0.329 e. The van der Waals surface area contributed by atoms with Gasteiger partial charge in [-0.15, -0.1) is 0 Å². The molecule has 2 N–H and O–H groups in total. The van der Waals surface area contributed by atoms with E-state index in [2.05, 4.69) is 15.0 Å². The standard InChI is InChI=1S/C12H14N4O2S/c1-2-5-16-9-7(10(17)15-12(16)18)11(19)14-8(13-9)6-3-4-6/h6H,2-5H2,1H3,(H,13,14,19)(H,15,17,18). The van der Waals surface area contributed by atoms with E-state index in [-0.39, 0.29) is 4.64 Å². The minimum absolute atomic E-state index is 0.266. The largest absolute Gasteiger partial charge is 0.329 e. The predicted octanol–water partition coefficient (Wildman–Crippen LogP) is 1.43. The van der Waals surface area contributed by atoms with Crippen molar-refractivity contribution in [1.29, 1.82) is 0 Å². The molecular formula is C12H14N4O2S. The predicted molar refractivity (Wildman–Crippen MR) is 74.1 cm³/mol. The smallest absolute Gasteiger partial charge is 0.329 e. The van der Waals surface area contributed by atoms with Crippen LogP contribution in [-0.4, -0.2) is 19.5 Å². The summed E-state index contributed by atoms with van der Waals surface area (Å²) in [4.78, 5) is 33.5. The zero-order valence-corrected chi connectivity index (χ0v) is 11.3. The summed E-state index contributed by atoms with van der Waals surface area (Å²) in [7, 11) is 0. The highest BCUT2D eigenvalue weighted by Crippen LogP contribution is 2.38. The number of aromatic amines is 2. The molecule has 6 nitrogen and oxygen atoms in total. The number of aryl methyl sites for hydroxylation is 1. The van der Waals surface area contributed by atoms with Crippen molar-refractivity contribution >= 4 is 23.3 Å². The van der Waals surface area contributed by atoms with Gasteiger partial charge >= 0.3 is 5.69 Å². The lowest BCUT2D eigenvalue weighted by atomic mass is 10.3. The Morgan fingerprint density at radius 2 is 2.11 bits per heavy atom. The van der Waals surface area contributed by atoms with Crippen molar-refractivity contribution in [2.45, 2.75) is 38.6 Å². The molecule has 19 heavy (non-hydrogen) atoms. The Morgan fingerprint density at radius 3 is 2.74 bits per heavy atom. The molecular weight excluding hydrogens is 264 g/mol. The molecule has 1 aliphatic rings. The van der Waals surface area contributed by atoms with E-state index in [4.69, 9.17) is 12.2 Å². The zero-order chi connectivity index (χ0) is 13.6. The van der Waals surface area contributed by atoms with Gasteiger partial charge in [-0.3, -0.25) is 14.3 Å². The molecule has 2 aromatic heterocycles. The zero-order valence-electron chi connectivity index (χ0n) is 10.5. The molecule has 1 fully saturated rings. The molecule has 3 rings (SSSR count). The quantitative estimate of drug-likeness (QED) is 0.832. The first-order valence-electron chi connectivity index (χ1n) is 6.39. The molecule has 0 atom stereocenters. The highest BCUT2D eigenvalue weighted by Gasteiger charge is 2.27. The summed E-state index contributed by atoms with van der Waals surface area (Å²) >= 11 is 5.20. The molecule has 0 spiro atoms. The van der Waals surface area contributed by atoms with Crippen LogP contribution in [0.15, 0.2) is 9.59 Å². The monoisotopic (exact) mass is 278 g/mol. The van der Waals surface area contributed by atoms with Crippen LogP contribution in [0.5, 0.6) is 0 Å². The van der Waals surface area contributed by atoms with Gasteiger partial charge in [0.2, 0.25) is 0 Å². The van der Waals surface area contributed by atoms with E-state index >= 15 is 0 Å². The normalized spacial score (nSPS) is 15.0. The molecule has 0 aliphatic heterocycles. The maximum absolute atomic E-state index is 11.9. The molecule has 2 aromatic rings. The fourth-order valence-electron chi connectivity index (χ4n) is 2.20. The SMILES string of the molecule is CCCn1c(=O)[nH]c(=O)c2c(=S)nc(C3CC3)[nH]c21. The van der Waals surface area contributed by atoms with Crippen LogP contribution in [-0.2, 0) is 6.54 Å². The van der Waals surface area contributed by atoms with Gasteiger partial charge in [0.25, 0.3) is 5.56 Å². The Labute approximate surface area is 113 Å². The topological polar surface area (TPSA) is 83.5 Å². The maximum atomic E-state index is 11.9. The highest BCUT2D eigenvalue weighted by molar-refractivity contribution is 7.71. The molecule has 1 aliphatic carbocycles. The summed E-state index contributed by atoms with van der Waals surface area (Å²) in [6.07, 6.45) is 2.94. The number of H-pyrrole nitrogens is 2. The summed E-state index contributed by atoms with van der Waals surface area (Å²) in [6, 6.07) is 0. The van der Waals surface area contributed by atoms with E-state index in [0.29, 0.717) is 23.5 Å². The summed E-state index contributed by atoms with van der Waals surface area (Å²) in [6.45, 7) is 2.51. The van der Waals surface area contributed by atoms with E-state index in [0.717, 1.165) is 25.1 Å². The number of nitrogens with zero attached hydrogens (tertiary/aromatic N) is 2. The van der Waals surface area contributed by atoms with Crippen molar-refractivity contribution in [3.8, 4) is 0 Å². The average Bonchev–Trinajstić information content (AvgIpc) is 3.17. The first-order chi connectivity index (χ1) is 9.11. The van der Waals surface area contributed by atoms with Gasteiger partial charge in [0.1, 0.15) is 21.5 Å². The van der Waals surface area contributed by atoms with Crippen molar-refractivity contribution in [2.24, 2.45) is 0 Å². The summed E-state index contributed by atoms with van der Waals surface area (Å²) in [5, 5.41) is 0.299. The third-order valence-corrected chi connectivity index (χ3v) is 3.59. The van der Waals surface area contributed by atoms with E-state index in [1.54, 1.807) is 0 Å². The van der Waals surface area contributed by atoms with Gasteiger partial charge in [-0.25, -0.2) is 9.78 Å². The minimum atomic E-state index is -0.469. The average molecular weight is 278 g/mol. The number of hydrogen-bond donors (Lipinski definition) is 2. The van der Waals surface area contributed by atoms with Crippen molar-refractivity contribution in [1.82, 2.24) is 19.5 Å². The van der Waals surface area contributed by atoms with E-state index in [1.165, 1.54) is 4.57 Å². The Bertz CT molecular complexity index is 813. The van der Waals surface area contributed by atoms with E-state index < -0.39 is 11.2 Å². The Kier molecular flexibility index (Phi) is 2.85. The van der Waals surface area contributed by atoms with Crippen molar-refractivity contribution < 1.29 is 0 Å². The van der Waals surface area contributed by atoms with Gasteiger partial charge in [-0.1, -0.05) is 19.1 Å². The summed E-state index contributed by atoms with van der Waals surface area (Å²) in [5.74, 6) is 1.17. The van der Waals surface area contributed by atoms with Crippen LogP contribution in [0.1, 0.15) is 37.9 Å². The molecule has 2 heterocycles. The fraction of sp³-hybridized carbons (Fsp3) is 0.500. The lowest BCUT2D eigenvalue weighted by Crippen LogP contribution is -2.31. The van der Waals surface area contributed by atoms with Crippen LogP contribution in [0, 0.1) is 4.64 Å². The summed E-state index contributed by atoms with van der Waals surface area (Å²) in [5.41, 5.74) is -0.376. The lowest BCUT2D eigenvalue weighted by molar-refractivity contribution is 0.648. The van der Waals surface area contributed by atoms with Gasteiger partial charge < -0.3 is 4.98 Å². The second-order valence-electron chi connectivity index (χ2n) is 4.84. The Balaban J connectivity index is 2.43. The van der Waals surface area contributed by atoms with E-state index in [1.807, 2.05) is 6.92 Å². The second-order valence-corrected chi connectivity index (χ2v) is 5.22. The third kappa shape index (κ3) is 2.03. The molecule has 0 radical (unpaired) electrons. The molecule has 0 bridgehead atoms. The first-order valence-corrected chi connectivity index (χ1v) is 6.79. The number of nitrogens with one attached hydrogen (secondary N) is 2. The van der Waals surface area contributed by atoms with Crippen LogP contribution >= 0.6 is 12.2 Å². The molecule has 0 aromatic carbocycles. The van der Waals surface area contributed by atoms with Crippen LogP contribution in [0.4, 0.5) is 0 Å². The molecule has 1 saturated carbocycles. The second kappa shape index (κ2) is 4.41. The first kappa shape index (κ1) is 12.3. The van der Waals surface area contributed by atoms with Gasteiger partial charge in [0, 0.05) is 12.5 Å². The number of hydrogen-bond acceptors (Lipinski definition) is 4. The summed E-state index contributed by atoms with van der Waals surface area (Å²) < 4.78 is 1.79. The fourth-order valence-corrected chi connectivity index (χ4v) is 2.49. The van der Waals surface area contributed by atoms with Crippen molar-refractivity contribution in [3.63, 3.8) is 0 Å². The van der Waals surface area contributed by atoms with Crippen molar-refractivity contribution in [2.75, 3.05) is 0 Å². The van der Waals surface area contributed by atoms with E-state index in [9.17, 15) is 9.59 Å². The van der Waals surface area contributed by atoms with Gasteiger partial charge in [0.15, 0.2) is 0 Å². The third-order valence-electron chi connectivity index (χ3n) is 3.29. The Morgan fingerprint density at radius 1 is 1.37 bits per heavy atom. The lowest BCUT2D eigenvalue weighted by Gasteiger charge is -2.09. The Hall–Kier alpha value is -1.76. The number of fused-ring (bicyclic) bond motifs is 1. The van der Waals surface area contributed by atoms with Gasteiger partial charge in [-0.05, 0) is 19.3 Å². The van der Waals surface area contributed by atoms with Gasteiger partial charge in [-0.2, -0.15) is 0 Å². The van der Waals surface area contributed by atoms with Crippen LogP contribution < -0.4 is 11.2 Å². The molecule has 0 saturated heterocycles. The maximum Gasteiger partial charge on any atom is 0.329 e. The van der Waals surface area contributed by atoms with Crippen LogP contribution in [0.2, 0.25) is 0 Å². The van der Waals surface area contributed by atoms with Gasteiger partial charge in [0.05, 0.1) is 0 Å². The van der Waals surface area contributed by atoms with Crippen molar-refractivity contribution in [3.05, 3.63) is 31.3 Å². The van der Waals surface area contributed by atoms with Crippen LogP contribution in [0.3, 0.4) is 0 Å². The molecule has 0 amide bonds. The number of rotatable bonds is 3. The highest BCUT2D eigenvalue weighted by atomic mass is 32.1. The molecule has 7 heteroatoms.